The second-order valence-electron chi connectivity index (χ2n) is 7.05. The summed E-state index contributed by atoms with van der Waals surface area (Å²) in [6, 6.07) is 1.98. The highest BCUT2D eigenvalue weighted by molar-refractivity contribution is 5.80. The van der Waals surface area contributed by atoms with Crippen molar-refractivity contribution in [3.63, 3.8) is 0 Å². The molecule has 6 heteroatoms. The molecule has 3 heterocycles. The van der Waals surface area contributed by atoms with Gasteiger partial charge in [0.1, 0.15) is 0 Å². The van der Waals surface area contributed by atoms with Gasteiger partial charge in [-0.25, -0.2) is 0 Å². The zero-order valence-corrected chi connectivity index (χ0v) is 14.1. The van der Waals surface area contributed by atoms with Gasteiger partial charge >= 0.3 is 0 Å². The van der Waals surface area contributed by atoms with E-state index < -0.39 is 0 Å². The molecule has 6 nitrogen and oxygen atoms in total. The lowest BCUT2D eigenvalue weighted by Crippen LogP contribution is -2.36. The van der Waals surface area contributed by atoms with Crippen LogP contribution in [0.25, 0.3) is 11.3 Å². The molecule has 0 unspecified atom stereocenters. The molecule has 2 aromatic heterocycles. The number of aromatic nitrogens is 3. The van der Waals surface area contributed by atoms with Crippen molar-refractivity contribution in [3.8, 4) is 11.3 Å². The first-order valence-corrected chi connectivity index (χ1v) is 9.01. The van der Waals surface area contributed by atoms with Crippen LogP contribution in [0.2, 0.25) is 0 Å². The molecule has 1 aliphatic heterocycles. The fourth-order valence-electron chi connectivity index (χ4n) is 4.15. The zero-order chi connectivity index (χ0) is 16.5. The van der Waals surface area contributed by atoms with Crippen molar-refractivity contribution in [1.29, 1.82) is 0 Å². The van der Waals surface area contributed by atoms with Crippen molar-refractivity contribution in [2.45, 2.75) is 57.9 Å². The van der Waals surface area contributed by atoms with Gasteiger partial charge in [0.2, 0.25) is 5.91 Å². The van der Waals surface area contributed by atoms with Crippen LogP contribution in [0.5, 0.6) is 0 Å². The van der Waals surface area contributed by atoms with E-state index in [0.29, 0.717) is 11.7 Å². The standard InChI is InChI=1S/C18H24N4O2/c1-12-10-16(24-21-12)14-11-19-20-17(14)15-8-5-9-22(15)18(23)13-6-3-2-4-7-13/h10-11,13,15H,2-9H2,1H3,(H,19,20)/t15-/m1/s1. The molecule has 24 heavy (non-hydrogen) atoms. The van der Waals surface area contributed by atoms with Crippen molar-refractivity contribution in [2.24, 2.45) is 5.92 Å². The lowest BCUT2D eigenvalue weighted by Gasteiger charge is -2.30. The van der Waals surface area contributed by atoms with Crippen LogP contribution in [0.1, 0.15) is 62.4 Å². The third kappa shape index (κ3) is 2.74. The van der Waals surface area contributed by atoms with Crippen molar-refractivity contribution < 1.29 is 9.32 Å². The lowest BCUT2D eigenvalue weighted by atomic mass is 9.88. The summed E-state index contributed by atoms with van der Waals surface area (Å²) in [5.74, 6) is 1.25. The second-order valence-corrected chi connectivity index (χ2v) is 7.05. The van der Waals surface area contributed by atoms with Crippen LogP contribution in [0, 0.1) is 12.8 Å². The molecule has 0 radical (unpaired) electrons. The van der Waals surface area contributed by atoms with Gasteiger partial charge in [0, 0.05) is 18.5 Å². The van der Waals surface area contributed by atoms with Gasteiger partial charge in [0.15, 0.2) is 5.76 Å². The van der Waals surface area contributed by atoms with E-state index in [0.717, 1.165) is 49.2 Å². The van der Waals surface area contributed by atoms with Crippen molar-refractivity contribution in [3.05, 3.63) is 23.7 Å². The Hall–Kier alpha value is -2.11. The Kier molecular flexibility index (Phi) is 4.12. The molecular weight excluding hydrogens is 304 g/mol. The molecule has 128 valence electrons. The average Bonchev–Trinajstić information content (AvgIpc) is 3.34. The smallest absolute Gasteiger partial charge is 0.226 e. The van der Waals surface area contributed by atoms with Gasteiger partial charge in [0.25, 0.3) is 0 Å². The number of carbonyl (C=O) groups is 1. The first kappa shape index (κ1) is 15.4. The number of rotatable bonds is 3. The largest absolute Gasteiger partial charge is 0.356 e. The highest BCUT2D eigenvalue weighted by Crippen LogP contribution is 2.38. The van der Waals surface area contributed by atoms with Gasteiger partial charge in [0.05, 0.1) is 29.2 Å². The van der Waals surface area contributed by atoms with Crippen LogP contribution < -0.4 is 0 Å². The first-order valence-electron chi connectivity index (χ1n) is 9.01. The van der Waals surface area contributed by atoms with Gasteiger partial charge in [-0.15, -0.1) is 0 Å². The SMILES string of the molecule is Cc1cc(-c2cn[nH]c2[C@H]2CCCN2C(=O)C2CCCCC2)on1. The number of carbonyl (C=O) groups excluding carboxylic acids is 1. The number of likely N-dealkylation sites (tertiary alicyclic amines) is 1. The monoisotopic (exact) mass is 328 g/mol. The van der Waals surface area contributed by atoms with Crippen LogP contribution in [-0.4, -0.2) is 32.7 Å². The normalized spacial score (nSPS) is 22.2. The van der Waals surface area contributed by atoms with Crippen LogP contribution in [0.4, 0.5) is 0 Å². The minimum atomic E-state index is 0.0716. The minimum Gasteiger partial charge on any atom is -0.356 e. The lowest BCUT2D eigenvalue weighted by molar-refractivity contribution is -0.137. The number of nitrogens with one attached hydrogen (secondary N) is 1. The third-order valence-electron chi connectivity index (χ3n) is 5.39. The number of aryl methyl sites for hydroxylation is 1. The molecule has 1 N–H and O–H groups in total. The van der Waals surface area contributed by atoms with Gasteiger partial charge in [-0.3, -0.25) is 9.89 Å². The molecule has 4 rings (SSSR count). The Morgan fingerprint density at radius 3 is 2.83 bits per heavy atom. The van der Waals surface area contributed by atoms with E-state index in [1.165, 1.54) is 19.3 Å². The number of nitrogens with zero attached hydrogens (tertiary/aromatic N) is 3. The maximum absolute atomic E-state index is 13.0. The Morgan fingerprint density at radius 1 is 1.25 bits per heavy atom. The number of hydrogen-bond donors (Lipinski definition) is 1. The summed E-state index contributed by atoms with van der Waals surface area (Å²) in [5, 5.41) is 11.3. The fraction of sp³-hybridized carbons (Fsp3) is 0.611. The molecular formula is C18H24N4O2. The molecule has 1 saturated carbocycles. The Morgan fingerprint density at radius 2 is 2.08 bits per heavy atom. The van der Waals surface area contributed by atoms with Crippen LogP contribution in [-0.2, 0) is 4.79 Å². The average molecular weight is 328 g/mol. The first-order chi connectivity index (χ1) is 11.7. The molecule has 2 aromatic rings. The van der Waals surface area contributed by atoms with E-state index in [1.54, 1.807) is 6.20 Å². The summed E-state index contributed by atoms with van der Waals surface area (Å²) in [6.07, 6.45) is 9.50. The van der Waals surface area contributed by atoms with Crippen molar-refractivity contribution in [1.82, 2.24) is 20.3 Å². The maximum Gasteiger partial charge on any atom is 0.226 e. The quantitative estimate of drug-likeness (QED) is 0.934. The van der Waals surface area contributed by atoms with Crippen LogP contribution in [0.3, 0.4) is 0 Å². The maximum atomic E-state index is 13.0. The van der Waals surface area contributed by atoms with Crippen molar-refractivity contribution >= 4 is 5.91 Å². The summed E-state index contributed by atoms with van der Waals surface area (Å²) < 4.78 is 5.41. The van der Waals surface area contributed by atoms with Gasteiger partial charge < -0.3 is 9.42 Å². The van der Waals surface area contributed by atoms with E-state index in [9.17, 15) is 4.79 Å². The van der Waals surface area contributed by atoms with E-state index in [2.05, 4.69) is 20.3 Å². The highest BCUT2D eigenvalue weighted by atomic mass is 16.5. The molecule has 1 amide bonds. The topological polar surface area (TPSA) is 75.0 Å². The molecule has 0 aromatic carbocycles. The molecule has 1 atom stereocenters. The van der Waals surface area contributed by atoms with Gasteiger partial charge in [-0.2, -0.15) is 5.10 Å². The summed E-state index contributed by atoms with van der Waals surface area (Å²) >= 11 is 0. The van der Waals surface area contributed by atoms with Crippen molar-refractivity contribution in [2.75, 3.05) is 6.54 Å². The fourth-order valence-corrected chi connectivity index (χ4v) is 4.15. The number of hydrogen-bond acceptors (Lipinski definition) is 4. The predicted octanol–water partition coefficient (Wildman–Crippen LogP) is 3.62. The summed E-state index contributed by atoms with van der Waals surface area (Å²) in [6.45, 7) is 2.75. The molecule has 2 fully saturated rings. The van der Waals surface area contributed by atoms with E-state index >= 15 is 0 Å². The Balaban J connectivity index is 1.59. The number of aromatic amines is 1. The highest BCUT2D eigenvalue weighted by Gasteiger charge is 2.36. The summed E-state index contributed by atoms with van der Waals surface area (Å²) in [4.78, 5) is 15.1. The molecule has 1 aliphatic carbocycles. The van der Waals surface area contributed by atoms with Crippen LogP contribution in [0.15, 0.2) is 16.8 Å². The molecule has 2 aliphatic rings. The molecule has 1 saturated heterocycles. The summed E-state index contributed by atoms with van der Waals surface area (Å²) in [7, 11) is 0. The van der Waals surface area contributed by atoms with Gasteiger partial charge in [-0.05, 0) is 32.6 Å². The van der Waals surface area contributed by atoms with E-state index in [4.69, 9.17) is 4.52 Å². The molecule has 0 bridgehead atoms. The van der Waals surface area contributed by atoms with E-state index in [-0.39, 0.29) is 12.0 Å². The number of H-pyrrole nitrogens is 1. The van der Waals surface area contributed by atoms with Crippen LogP contribution >= 0.6 is 0 Å². The summed E-state index contributed by atoms with van der Waals surface area (Å²) in [5.41, 5.74) is 2.75. The minimum absolute atomic E-state index is 0.0716. The zero-order valence-electron chi connectivity index (χ0n) is 14.1. The Labute approximate surface area is 141 Å². The predicted molar refractivity (Wildman–Crippen MR) is 89.1 cm³/mol. The molecule has 0 spiro atoms. The van der Waals surface area contributed by atoms with E-state index in [1.807, 2.05) is 13.0 Å². The Bertz CT molecular complexity index is 714. The number of amides is 1. The van der Waals surface area contributed by atoms with Gasteiger partial charge in [-0.1, -0.05) is 24.4 Å². The third-order valence-corrected chi connectivity index (χ3v) is 5.39. The second kappa shape index (κ2) is 6.42.